The molecule has 0 fully saturated rings. The predicted molar refractivity (Wildman–Crippen MR) is 29.0 cm³/mol. The third-order valence-corrected chi connectivity index (χ3v) is 1.60. The van der Waals surface area contributed by atoms with E-state index in [0.29, 0.717) is 6.04 Å². The van der Waals surface area contributed by atoms with Crippen molar-refractivity contribution in [3.63, 3.8) is 0 Å². The fraction of sp³-hybridized carbons (Fsp3) is 1.00. The summed E-state index contributed by atoms with van der Waals surface area (Å²) in [5, 5.41) is 24.8. The van der Waals surface area contributed by atoms with Crippen LogP contribution >= 0.6 is 0 Å². The predicted octanol–water partition coefficient (Wildman–Crippen LogP) is -2.56. The molecular weight excluding hydrogens is 112 g/mol. The summed E-state index contributed by atoms with van der Waals surface area (Å²) >= 11 is 0. The highest BCUT2D eigenvalue weighted by Crippen LogP contribution is 1.90. The minimum atomic E-state index is -1.54. The Bertz CT molecular complexity index is 47.4. The standard InChI is InChI=1S/C3H10O3Si/c4-2(1-7)3(5)6/h2-6H,1H2,7H3. The van der Waals surface area contributed by atoms with Gasteiger partial charge in [0.2, 0.25) is 0 Å². The van der Waals surface area contributed by atoms with E-state index in [1.165, 1.54) is 0 Å². The Morgan fingerprint density at radius 1 is 1.29 bits per heavy atom. The second-order valence-electron chi connectivity index (χ2n) is 1.39. The maximum Gasteiger partial charge on any atom is 0.177 e. The van der Waals surface area contributed by atoms with E-state index < -0.39 is 12.4 Å². The summed E-state index contributed by atoms with van der Waals surface area (Å²) in [6.07, 6.45) is -2.47. The van der Waals surface area contributed by atoms with Crippen molar-refractivity contribution in [1.29, 1.82) is 0 Å². The summed E-state index contributed by atoms with van der Waals surface area (Å²) in [6, 6.07) is 0.512. The first-order valence-electron chi connectivity index (χ1n) is 2.22. The SMILES string of the molecule is OC(O)C(O)C[SiH3]. The second-order valence-corrected chi connectivity index (χ2v) is 2.21. The monoisotopic (exact) mass is 122 g/mol. The molecule has 0 saturated heterocycles. The van der Waals surface area contributed by atoms with Crippen LogP contribution in [0.15, 0.2) is 0 Å². The van der Waals surface area contributed by atoms with Gasteiger partial charge in [0.1, 0.15) is 6.10 Å². The van der Waals surface area contributed by atoms with Crippen LogP contribution in [0, 0.1) is 0 Å². The van der Waals surface area contributed by atoms with Crippen LogP contribution in [0.3, 0.4) is 0 Å². The minimum Gasteiger partial charge on any atom is -0.388 e. The molecule has 0 aliphatic carbocycles. The molecule has 0 saturated carbocycles. The number of rotatable bonds is 2. The van der Waals surface area contributed by atoms with Crippen molar-refractivity contribution in [3.8, 4) is 0 Å². The van der Waals surface area contributed by atoms with Gasteiger partial charge in [-0.2, -0.15) is 0 Å². The Labute approximate surface area is 45.0 Å². The summed E-state index contributed by atoms with van der Waals surface area (Å²) in [6.45, 7) is 0. The van der Waals surface area contributed by atoms with E-state index in [1.54, 1.807) is 0 Å². The fourth-order valence-corrected chi connectivity index (χ4v) is 0.632. The van der Waals surface area contributed by atoms with Crippen molar-refractivity contribution in [1.82, 2.24) is 0 Å². The van der Waals surface area contributed by atoms with Gasteiger partial charge in [0.25, 0.3) is 0 Å². The molecule has 0 aliphatic heterocycles. The molecule has 1 unspecified atom stereocenters. The Kier molecular flexibility index (Phi) is 3.19. The smallest absolute Gasteiger partial charge is 0.177 e. The van der Waals surface area contributed by atoms with Crippen molar-refractivity contribution in [2.24, 2.45) is 0 Å². The van der Waals surface area contributed by atoms with Gasteiger partial charge in [-0.25, -0.2) is 0 Å². The van der Waals surface area contributed by atoms with Crippen LogP contribution in [-0.2, 0) is 0 Å². The molecule has 0 spiro atoms. The van der Waals surface area contributed by atoms with Crippen LogP contribution < -0.4 is 0 Å². The third-order valence-electron chi connectivity index (χ3n) is 0.762. The molecule has 0 rings (SSSR count). The van der Waals surface area contributed by atoms with Crippen LogP contribution in [-0.4, -0.2) is 38.0 Å². The Hall–Kier alpha value is 0.0969. The van der Waals surface area contributed by atoms with Gasteiger partial charge in [-0.1, -0.05) is 0 Å². The van der Waals surface area contributed by atoms with Crippen LogP contribution in [0.4, 0.5) is 0 Å². The van der Waals surface area contributed by atoms with E-state index in [1.807, 2.05) is 0 Å². The molecule has 1 atom stereocenters. The quantitative estimate of drug-likeness (QED) is 0.279. The van der Waals surface area contributed by atoms with Crippen LogP contribution in [0.1, 0.15) is 0 Å². The lowest BCUT2D eigenvalue weighted by atomic mass is 10.4. The Balaban J connectivity index is 3.14. The zero-order valence-corrected chi connectivity index (χ0v) is 6.20. The molecule has 44 valence electrons. The number of aliphatic hydroxyl groups excluding tert-OH is 2. The van der Waals surface area contributed by atoms with E-state index in [9.17, 15) is 0 Å². The van der Waals surface area contributed by atoms with E-state index in [0.717, 1.165) is 10.2 Å². The second kappa shape index (κ2) is 3.14. The summed E-state index contributed by atoms with van der Waals surface area (Å²) in [5.74, 6) is 0. The number of hydrogen-bond acceptors (Lipinski definition) is 3. The van der Waals surface area contributed by atoms with Gasteiger partial charge >= 0.3 is 0 Å². The normalized spacial score (nSPS) is 15.4. The highest BCUT2D eigenvalue weighted by atomic mass is 28.1. The first-order chi connectivity index (χ1) is 3.18. The first-order valence-corrected chi connectivity index (χ1v) is 3.64. The molecule has 0 bridgehead atoms. The van der Waals surface area contributed by atoms with Crippen LogP contribution in [0.25, 0.3) is 0 Å². The maximum absolute atomic E-state index is 8.47. The van der Waals surface area contributed by atoms with Crippen molar-refractivity contribution in [2.75, 3.05) is 0 Å². The van der Waals surface area contributed by atoms with E-state index in [4.69, 9.17) is 15.3 Å². The third kappa shape index (κ3) is 2.75. The van der Waals surface area contributed by atoms with E-state index >= 15 is 0 Å². The van der Waals surface area contributed by atoms with Gasteiger partial charge in [0.15, 0.2) is 6.29 Å². The van der Waals surface area contributed by atoms with Gasteiger partial charge in [0, 0.05) is 10.2 Å². The molecule has 0 amide bonds. The molecule has 3 N–H and O–H groups in total. The van der Waals surface area contributed by atoms with Gasteiger partial charge in [-0.05, 0) is 6.04 Å². The number of hydrogen-bond donors (Lipinski definition) is 3. The van der Waals surface area contributed by atoms with Gasteiger partial charge in [-0.15, -0.1) is 0 Å². The van der Waals surface area contributed by atoms with Crippen molar-refractivity contribution in [3.05, 3.63) is 0 Å². The largest absolute Gasteiger partial charge is 0.388 e. The van der Waals surface area contributed by atoms with E-state index in [2.05, 4.69) is 0 Å². The minimum absolute atomic E-state index is 0.512. The molecule has 0 aromatic heterocycles. The molecule has 0 heterocycles. The Morgan fingerprint density at radius 2 is 1.71 bits per heavy atom. The highest BCUT2D eigenvalue weighted by molar-refractivity contribution is 6.08. The van der Waals surface area contributed by atoms with Gasteiger partial charge < -0.3 is 15.3 Å². The average molecular weight is 122 g/mol. The average Bonchev–Trinajstić information content (AvgIpc) is 1.65. The lowest BCUT2D eigenvalue weighted by Crippen LogP contribution is -2.24. The van der Waals surface area contributed by atoms with Crippen molar-refractivity contribution >= 4 is 10.2 Å². The topological polar surface area (TPSA) is 60.7 Å². The van der Waals surface area contributed by atoms with Crippen molar-refractivity contribution in [2.45, 2.75) is 18.4 Å². The van der Waals surface area contributed by atoms with Crippen LogP contribution in [0.2, 0.25) is 6.04 Å². The zero-order valence-electron chi connectivity index (χ0n) is 4.20. The molecule has 4 heteroatoms. The van der Waals surface area contributed by atoms with Gasteiger partial charge in [0.05, 0.1) is 0 Å². The number of aliphatic hydroxyl groups is 3. The summed E-state index contributed by atoms with van der Waals surface area (Å²) < 4.78 is 0. The van der Waals surface area contributed by atoms with Crippen LogP contribution in [0.5, 0.6) is 0 Å². The molecule has 0 radical (unpaired) electrons. The molecule has 0 aliphatic rings. The summed E-state index contributed by atoms with van der Waals surface area (Å²) in [4.78, 5) is 0. The molecule has 0 aromatic carbocycles. The summed E-state index contributed by atoms with van der Waals surface area (Å²) in [5.41, 5.74) is 0. The van der Waals surface area contributed by atoms with Gasteiger partial charge in [-0.3, -0.25) is 0 Å². The lowest BCUT2D eigenvalue weighted by molar-refractivity contribution is -0.114. The molecule has 0 aromatic rings. The molecular formula is C3H10O3Si. The first kappa shape index (κ1) is 7.10. The zero-order chi connectivity index (χ0) is 5.86. The lowest BCUT2D eigenvalue weighted by Gasteiger charge is -2.07. The van der Waals surface area contributed by atoms with Crippen molar-refractivity contribution < 1.29 is 15.3 Å². The fourth-order valence-electron chi connectivity index (χ4n) is 0.211. The molecule has 7 heavy (non-hydrogen) atoms. The maximum atomic E-state index is 8.47. The highest BCUT2D eigenvalue weighted by Gasteiger charge is 2.07. The molecule has 3 nitrogen and oxygen atoms in total. The Morgan fingerprint density at radius 3 is 1.71 bits per heavy atom. The summed E-state index contributed by atoms with van der Waals surface area (Å²) in [7, 11) is 0.801. The van der Waals surface area contributed by atoms with E-state index in [-0.39, 0.29) is 0 Å².